The summed E-state index contributed by atoms with van der Waals surface area (Å²) in [5, 5.41) is 0. The van der Waals surface area contributed by atoms with E-state index < -0.39 is 0 Å². The minimum Gasteiger partial charge on any atom is -0.263 e. The van der Waals surface area contributed by atoms with Crippen molar-refractivity contribution in [3.05, 3.63) is 64.9 Å². The monoisotopic (exact) mass is 265 g/mol. The predicted octanol–water partition coefficient (Wildman–Crippen LogP) is 1.35. The summed E-state index contributed by atoms with van der Waals surface area (Å²) in [5.41, 5.74) is 4.16. The number of aromatic nitrogens is 2. The lowest BCUT2D eigenvalue weighted by Gasteiger charge is -1.93. The molecule has 2 aliphatic heterocycles. The van der Waals surface area contributed by atoms with Gasteiger partial charge in [-0.1, -0.05) is 28.5 Å². The number of thiazole rings is 1. The van der Waals surface area contributed by atoms with E-state index in [0.717, 1.165) is 6.54 Å². The average Bonchev–Trinajstić information content (AvgIpc) is 3.07. The van der Waals surface area contributed by atoms with Gasteiger partial charge in [0.25, 0.3) is 6.04 Å². The molecule has 4 heterocycles. The molecule has 0 radical (unpaired) electrons. The number of pyridine rings is 1. The fourth-order valence-electron chi connectivity index (χ4n) is 3.15. The highest BCUT2D eigenvalue weighted by Gasteiger charge is 2.43. The first kappa shape index (κ1) is 9.81. The van der Waals surface area contributed by atoms with Crippen molar-refractivity contribution in [3.8, 4) is 0 Å². The maximum atomic E-state index is 4.22. The Hall–Kier alpha value is -2.07. The third-order valence-corrected chi connectivity index (χ3v) is 5.16. The molecule has 1 atom stereocenters. The zero-order valence-electron chi connectivity index (χ0n) is 10.2. The van der Waals surface area contributed by atoms with E-state index in [0.29, 0.717) is 6.04 Å². The van der Waals surface area contributed by atoms with E-state index in [-0.39, 0.29) is 0 Å². The van der Waals surface area contributed by atoms with Crippen molar-refractivity contribution in [1.82, 2.24) is 9.56 Å². The van der Waals surface area contributed by atoms with Crippen LogP contribution in [0.3, 0.4) is 0 Å². The van der Waals surface area contributed by atoms with E-state index in [2.05, 4.69) is 50.3 Å². The predicted molar refractivity (Wildman–Crippen MR) is 73.3 cm³/mol. The van der Waals surface area contributed by atoms with E-state index in [1.54, 1.807) is 0 Å². The molecule has 2 aromatic heterocycles. The lowest BCUT2D eigenvalue weighted by Crippen LogP contribution is -2.35. The lowest BCUT2D eigenvalue weighted by molar-refractivity contribution is -0.488. The summed E-state index contributed by atoms with van der Waals surface area (Å²) >= 11 is 1.83. The van der Waals surface area contributed by atoms with Crippen LogP contribution in [-0.2, 0) is 6.54 Å². The fourth-order valence-corrected chi connectivity index (χ4v) is 4.28. The van der Waals surface area contributed by atoms with Crippen LogP contribution in [0.15, 0.2) is 42.7 Å². The number of benzene rings is 1. The molecule has 5 rings (SSSR count). The Labute approximate surface area is 113 Å². The van der Waals surface area contributed by atoms with Gasteiger partial charge < -0.3 is 0 Å². The van der Waals surface area contributed by atoms with Crippen LogP contribution < -0.4 is 13.6 Å². The van der Waals surface area contributed by atoms with Crippen LogP contribution in [-0.4, -0.2) is 4.98 Å². The van der Waals surface area contributed by atoms with Gasteiger partial charge in [0.05, 0.1) is 6.20 Å². The Morgan fingerprint density at radius 3 is 3.16 bits per heavy atom. The first-order valence-corrected chi connectivity index (χ1v) is 7.21. The van der Waals surface area contributed by atoms with E-state index in [9.17, 15) is 0 Å². The topological polar surface area (TPSA) is 21.8 Å². The second-order valence-electron chi connectivity index (χ2n) is 5.02. The highest BCUT2D eigenvalue weighted by Crippen LogP contribution is 2.29. The minimum absolute atomic E-state index is 0.403. The number of hydrogen-bond donors (Lipinski definition) is 0. The van der Waals surface area contributed by atoms with Crippen LogP contribution in [0.2, 0.25) is 0 Å². The molecule has 0 amide bonds. The molecule has 1 unspecified atom stereocenters. The summed E-state index contributed by atoms with van der Waals surface area (Å²) in [6.45, 7) is 1.01. The highest BCUT2D eigenvalue weighted by molar-refractivity contribution is 7.15. The maximum absolute atomic E-state index is 4.22. The molecule has 0 aliphatic carbocycles. The van der Waals surface area contributed by atoms with Crippen LogP contribution >= 0.6 is 11.3 Å². The lowest BCUT2D eigenvalue weighted by atomic mass is 10.1. The largest absolute Gasteiger partial charge is 0.508 e. The molecule has 1 aromatic carbocycles. The minimum atomic E-state index is 0.403. The van der Waals surface area contributed by atoms with Crippen molar-refractivity contribution < 1.29 is 4.24 Å². The van der Waals surface area contributed by atoms with Crippen LogP contribution in [0, 0.1) is 6.21 Å². The van der Waals surface area contributed by atoms with Crippen molar-refractivity contribution in [2.24, 2.45) is 0 Å². The summed E-state index contributed by atoms with van der Waals surface area (Å²) in [4.78, 5) is 5.54. The number of hydrogen-bond acceptors (Lipinski definition) is 2. The fraction of sp³-hybridized carbons (Fsp3) is 0.133. The molecule has 90 valence electrons. The number of rotatable bonds is 0. The third-order valence-electron chi connectivity index (χ3n) is 4.02. The molecule has 2 aliphatic rings. The van der Waals surface area contributed by atoms with Gasteiger partial charge in [-0.2, -0.15) is 0 Å². The molecular weight excluding hydrogens is 254 g/mol. The van der Waals surface area contributed by atoms with Crippen LogP contribution in [0.25, 0.3) is 10.2 Å². The van der Waals surface area contributed by atoms with Crippen LogP contribution in [0.1, 0.15) is 17.2 Å². The zero-order valence-corrected chi connectivity index (χ0v) is 11.0. The Morgan fingerprint density at radius 2 is 2.16 bits per heavy atom. The third kappa shape index (κ3) is 1.15. The summed E-state index contributed by atoms with van der Waals surface area (Å²) in [5.74, 6) is 0. The van der Waals surface area contributed by atoms with Crippen molar-refractivity contribution in [2.75, 3.05) is 0 Å². The molecule has 19 heavy (non-hydrogen) atoms. The Kier molecular flexibility index (Phi) is 1.69. The molecule has 0 saturated heterocycles. The van der Waals surface area contributed by atoms with Gasteiger partial charge in [0, 0.05) is 34.7 Å². The zero-order chi connectivity index (χ0) is 12.4. The molecule has 4 heteroatoms. The quantitative estimate of drug-likeness (QED) is 0.562. The van der Waals surface area contributed by atoms with E-state index in [1.807, 2.05) is 23.7 Å². The van der Waals surface area contributed by atoms with Gasteiger partial charge in [0.2, 0.25) is 11.7 Å². The van der Waals surface area contributed by atoms with Gasteiger partial charge in [-0.15, -0.1) is 4.58 Å². The summed E-state index contributed by atoms with van der Waals surface area (Å²) < 4.78 is 6.06. The molecule has 3 nitrogen and oxygen atoms in total. The molecule has 0 bridgehead atoms. The Morgan fingerprint density at radius 1 is 1.21 bits per heavy atom. The van der Waals surface area contributed by atoms with Gasteiger partial charge >= 0.3 is 4.80 Å². The van der Waals surface area contributed by atoms with Crippen molar-refractivity contribution in [3.63, 3.8) is 0 Å². The Balaban J connectivity index is 1.90. The number of fused-ring (bicyclic) bond motifs is 6. The first-order chi connectivity index (χ1) is 9.42. The second kappa shape index (κ2) is 3.27. The second-order valence-corrected chi connectivity index (χ2v) is 6.03. The Bertz CT molecular complexity index is 955. The maximum Gasteiger partial charge on any atom is 0.508 e. The van der Waals surface area contributed by atoms with E-state index in [1.165, 1.54) is 26.1 Å². The molecule has 0 saturated carbocycles. The van der Waals surface area contributed by atoms with Crippen LogP contribution in [0.4, 0.5) is 0 Å². The van der Waals surface area contributed by atoms with Gasteiger partial charge in [0.1, 0.15) is 4.70 Å². The van der Waals surface area contributed by atoms with Crippen molar-refractivity contribution in [2.45, 2.75) is 12.6 Å². The molecule has 0 fully saturated rings. The highest BCUT2D eigenvalue weighted by atomic mass is 32.1. The smallest absolute Gasteiger partial charge is 0.263 e. The van der Waals surface area contributed by atoms with Crippen molar-refractivity contribution >= 4 is 21.6 Å². The van der Waals surface area contributed by atoms with Crippen LogP contribution in [0.5, 0.6) is 0 Å². The van der Waals surface area contributed by atoms with Gasteiger partial charge in [0.15, 0.2) is 6.54 Å². The van der Waals surface area contributed by atoms with Gasteiger partial charge in [-0.05, 0) is 0 Å². The summed E-state index contributed by atoms with van der Waals surface area (Å²) in [7, 11) is 0. The molecule has 3 aromatic rings. The van der Waals surface area contributed by atoms with Crippen molar-refractivity contribution in [1.29, 1.82) is 0 Å². The molecule has 0 N–H and O–H groups in total. The molecular formula is C15H11N3S+2. The average molecular weight is 265 g/mol. The van der Waals surface area contributed by atoms with Gasteiger partial charge in [-0.25, -0.2) is 0 Å². The first-order valence-electron chi connectivity index (χ1n) is 6.39. The normalized spacial score (nSPS) is 19.2. The SMILES string of the molecule is C1=[n+]2c(sc3cnccc32)=[N+]2Cc3ccccc3C12. The summed E-state index contributed by atoms with van der Waals surface area (Å²) in [6, 6.07) is 11.2. The van der Waals surface area contributed by atoms with E-state index in [4.69, 9.17) is 0 Å². The van der Waals surface area contributed by atoms with Gasteiger partial charge in [-0.3, -0.25) is 4.98 Å². The standard InChI is InChI=1S/C15H11N3S/c1-2-4-11-10(3-1)8-17-13(11)9-18-12-5-6-16-7-14(12)19-15(17)18/h1-7,9,13H,8H2/q+2. The number of nitrogens with zero attached hydrogens (tertiary/aromatic N) is 3. The molecule has 0 spiro atoms. The van der Waals surface area contributed by atoms with E-state index >= 15 is 0 Å². The summed E-state index contributed by atoms with van der Waals surface area (Å²) in [6.07, 6.45) is 6.16.